The molecule has 7 nitrogen and oxygen atoms in total. The van der Waals surface area contributed by atoms with Gasteiger partial charge in [0.15, 0.2) is 17.3 Å². The number of aromatic nitrogens is 6. The van der Waals surface area contributed by atoms with Crippen LogP contribution in [0.2, 0.25) is 0 Å². The lowest BCUT2D eigenvalue weighted by atomic mass is 10.1. The van der Waals surface area contributed by atoms with Crippen molar-refractivity contribution in [2.45, 2.75) is 26.8 Å². The lowest BCUT2D eigenvalue weighted by Gasteiger charge is -2.05. The van der Waals surface area contributed by atoms with Gasteiger partial charge in [-0.15, -0.1) is 15.3 Å². The Morgan fingerprint density at radius 3 is 2.76 bits per heavy atom. The summed E-state index contributed by atoms with van der Waals surface area (Å²) in [5.41, 5.74) is 0.690. The average molecular weight is 350 g/mol. The normalized spacial score (nSPS) is 11.4. The highest BCUT2D eigenvalue weighted by molar-refractivity contribution is 9.10. The molecule has 0 radical (unpaired) electrons. The molecule has 110 valence electrons. The molecule has 0 bridgehead atoms. The maximum Gasteiger partial charge on any atom is 0.221 e. The van der Waals surface area contributed by atoms with Crippen LogP contribution in [0.3, 0.4) is 0 Å². The monoisotopic (exact) mass is 349 g/mol. The third kappa shape index (κ3) is 3.21. The fourth-order valence-corrected chi connectivity index (χ4v) is 2.24. The van der Waals surface area contributed by atoms with Gasteiger partial charge < -0.3 is 5.32 Å². The van der Waals surface area contributed by atoms with E-state index in [9.17, 15) is 0 Å². The van der Waals surface area contributed by atoms with Crippen LogP contribution in [0.15, 0.2) is 29.1 Å². The summed E-state index contributed by atoms with van der Waals surface area (Å²) in [5, 5.41) is 19.9. The Morgan fingerprint density at radius 1 is 1.14 bits per heavy atom. The van der Waals surface area contributed by atoms with Crippen molar-refractivity contribution in [3.8, 4) is 0 Å². The minimum atomic E-state index is 0.573. The number of hydrogen-bond acceptors (Lipinski definition) is 5. The summed E-state index contributed by atoms with van der Waals surface area (Å²) in [7, 11) is 0. The number of anilines is 2. The molecular formula is C13H16BrN7. The van der Waals surface area contributed by atoms with E-state index in [1.807, 2.05) is 29.1 Å². The standard InChI is InChI=1S/C13H16BrN7/c1-9(2)5-7-20-8-6-11(18-20)15-10-3-4-12-16-17-13(14)21(12)19-10/h3-4,6,8-9H,5,7H2,1-2H3,(H,15,18,19). The van der Waals surface area contributed by atoms with Crippen LogP contribution >= 0.6 is 15.9 Å². The zero-order chi connectivity index (χ0) is 14.8. The molecule has 1 N–H and O–H groups in total. The molecule has 0 atom stereocenters. The molecule has 0 saturated heterocycles. The molecule has 0 spiro atoms. The topological polar surface area (TPSA) is 72.9 Å². The molecule has 0 aromatic carbocycles. The van der Waals surface area contributed by atoms with Gasteiger partial charge in [0.2, 0.25) is 4.73 Å². The summed E-state index contributed by atoms with van der Waals surface area (Å²) in [6.45, 7) is 5.33. The zero-order valence-corrected chi connectivity index (χ0v) is 13.4. The number of nitrogens with one attached hydrogen (secondary N) is 1. The van der Waals surface area contributed by atoms with Crippen LogP contribution in [0.1, 0.15) is 20.3 Å². The molecule has 3 aromatic heterocycles. The van der Waals surface area contributed by atoms with Crippen LogP contribution in [0, 0.1) is 5.92 Å². The molecule has 8 heteroatoms. The first-order valence-electron chi connectivity index (χ1n) is 6.80. The summed E-state index contributed by atoms with van der Waals surface area (Å²) in [5.74, 6) is 2.13. The lowest BCUT2D eigenvalue weighted by Crippen LogP contribution is -2.03. The fourth-order valence-electron chi connectivity index (χ4n) is 1.90. The van der Waals surface area contributed by atoms with Gasteiger partial charge in [-0.3, -0.25) is 4.68 Å². The van der Waals surface area contributed by atoms with Crippen LogP contribution < -0.4 is 5.32 Å². The Kier molecular flexibility index (Phi) is 3.87. The van der Waals surface area contributed by atoms with E-state index in [-0.39, 0.29) is 0 Å². The molecule has 0 aliphatic carbocycles. The molecule has 3 rings (SSSR count). The van der Waals surface area contributed by atoms with Gasteiger partial charge in [-0.05, 0) is 40.4 Å². The molecule has 0 amide bonds. The summed E-state index contributed by atoms with van der Waals surface area (Å²) in [6, 6.07) is 5.64. The third-order valence-electron chi connectivity index (χ3n) is 3.06. The van der Waals surface area contributed by atoms with Crippen molar-refractivity contribution in [2.75, 3.05) is 5.32 Å². The largest absolute Gasteiger partial charge is 0.322 e. The van der Waals surface area contributed by atoms with E-state index in [1.165, 1.54) is 0 Å². The molecular weight excluding hydrogens is 334 g/mol. The molecule has 0 aliphatic rings. The Morgan fingerprint density at radius 2 is 1.95 bits per heavy atom. The minimum Gasteiger partial charge on any atom is -0.322 e. The highest BCUT2D eigenvalue weighted by Crippen LogP contribution is 2.15. The van der Waals surface area contributed by atoms with Crippen molar-refractivity contribution < 1.29 is 0 Å². The first kappa shape index (κ1) is 14.0. The first-order valence-corrected chi connectivity index (χ1v) is 7.59. The van der Waals surface area contributed by atoms with Crippen LogP contribution in [-0.4, -0.2) is 29.6 Å². The SMILES string of the molecule is CC(C)CCn1ccc(Nc2ccc3nnc(Br)n3n2)n1. The molecule has 0 aliphatic heterocycles. The van der Waals surface area contributed by atoms with Gasteiger partial charge >= 0.3 is 0 Å². The molecule has 21 heavy (non-hydrogen) atoms. The minimum absolute atomic E-state index is 0.573. The maximum atomic E-state index is 4.48. The van der Waals surface area contributed by atoms with Crippen molar-refractivity contribution in [3.63, 3.8) is 0 Å². The second kappa shape index (κ2) is 5.80. The zero-order valence-electron chi connectivity index (χ0n) is 11.9. The van der Waals surface area contributed by atoms with Crippen LogP contribution in [0.4, 0.5) is 11.6 Å². The third-order valence-corrected chi connectivity index (χ3v) is 3.55. The van der Waals surface area contributed by atoms with Crippen molar-refractivity contribution >= 4 is 33.2 Å². The van der Waals surface area contributed by atoms with Gasteiger partial charge in [0, 0.05) is 18.8 Å². The number of nitrogens with zero attached hydrogens (tertiary/aromatic N) is 6. The van der Waals surface area contributed by atoms with Gasteiger partial charge in [0.25, 0.3) is 0 Å². The Hall–Kier alpha value is -1.96. The van der Waals surface area contributed by atoms with Crippen LogP contribution in [0.5, 0.6) is 0 Å². The number of fused-ring (bicyclic) bond motifs is 1. The Balaban J connectivity index is 1.74. The molecule has 3 heterocycles. The number of aryl methyl sites for hydroxylation is 1. The van der Waals surface area contributed by atoms with Gasteiger partial charge in [-0.2, -0.15) is 9.61 Å². The number of halogens is 1. The van der Waals surface area contributed by atoms with E-state index in [2.05, 4.69) is 55.5 Å². The predicted molar refractivity (Wildman–Crippen MR) is 83.4 cm³/mol. The lowest BCUT2D eigenvalue weighted by molar-refractivity contribution is 0.488. The quantitative estimate of drug-likeness (QED) is 0.766. The van der Waals surface area contributed by atoms with Gasteiger partial charge in [-0.25, -0.2) is 0 Å². The molecule has 0 saturated carbocycles. The van der Waals surface area contributed by atoms with Crippen LogP contribution in [0.25, 0.3) is 5.65 Å². The van der Waals surface area contributed by atoms with Crippen molar-refractivity contribution in [1.29, 1.82) is 0 Å². The summed E-state index contributed by atoms with van der Waals surface area (Å²) in [6.07, 6.45) is 3.08. The smallest absolute Gasteiger partial charge is 0.221 e. The summed E-state index contributed by atoms with van der Waals surface area (Å²) < 4.78 is 4.14. The van der Waals surface area contributed by atoms with Gasteiger partial charge in [-0.1, -0.05) is 13.8 Å². The highest BCUT2D eigenvalue weighted by Gasteiger charge is 2.06. The highest BCUT2D eigenvalue weighted by atomic mass is 79.9. The number of hydrogen-bond donors (Lipinski definition) is 1. The predicted octanol–water partition coefficient (Wildman–Crippen LogP) is 2.87. The summed E-state index contributed by atoms with van der Waals surface area (Å²) >= 11 is 3.30. The Bertz CT molecular complexity index is 746. The maximum absolute atomic E-state index is 4.48. The van der Waals surface area contributed by atoms with Gasteiger partial charge in [0.1, 0.15) is 0 Å². The van der Waals surface area contributed by atoms with E-state index in [4.69, 9.17) is 0 Å². The second-order valence-corrected chi connectivity index (χ2v) is 5.94. The second-order valence-electron chi connectivity index (χ2n) is 5.23. The first-order chi connectivity index (χ1) is 10.1. The van der Waals surface area contributed by atoms with E-state index < -0.39 is 0 Å². The molecule has 0 fully saturated rings. The van der Waals surface area contributed by atoms with E-state index >= 15 is 0 Å². The van der Waals surface area contributed by atoms with Crippen molar-refractivity contribution in [3.05, 3.63) is 29.1 Å². The summed E-state index contributed by atoms with van der Waals surface area (Å²) in [4.78, 5) is 0. The molecule has 3 aromatic rings. The van der Waals surface area contributed by atoms with E-state index in [0.29, 0.717) is 22.1 Å². The van der Waals surface area contributed by atoms with Gasteiger partial charge in [0.05, 0.1) is 0 Å². The average Bonchev–Trinajstić information content (AvgIpc) is 3.04. The molecule has 0 unspecified atom stereocenters. The number of rotatable bonds is 5. The van der Waals surface area contributed by atoms with Crippen molar-refractivity contribution in [2.24, 2.45) is 5.92 Å². The van der Waals surface area contributed by atoms with Crippen LogP contribution in [-0.2, 0) is 6.54 Å². The van der Waals surface area contributed by atoms with Crippen molar-refractivity contribution in [1.82, 2.24) is 29.6 Å². The van der Waals surface area contributed by atoms with E-state index in [0.717, 1.165) is 18.8 Å². The fraction of sp³-hybridized carbons (Fsp3) is 0.385. The Labute approximate surface area is 130 Å². The van der Waals surface area contributed by atoms with E-state index in [1.54, 1.807) is 4.52 Å².